The summed E-state index contributed by atoms with van der Waals surface area (Å²) in [5.74, 6) is -2.65. The van der Waals surface area contributed by atoms with Crippen LogP contribution in [0.4, 0.5) is 4.39 Å². The molecule has 0 unspecified atom stereocenters. The first-order valence-electron chi connectivity index (χ1n) is 4.26. The summed E-state index contributed by atoms with van der Waals surface area (Å²) in [6.45, 7) is 0. The van der Waals surface area contributed by atoms with Crippen LogP contribution >= 0.6 is 0 Å². The smallest absolute Gasteiger partial charge is 0.364 e. The van der Waals surface area contributed by atoms with Gasteiger partial charge in [0.1, 0.15) is 0 Å². The molecular formula is C9H13FO3. The highest BCUT2D eigenvalue weighted by atomic mass is 19.1. The molecule has 0 atom stereocenters. The summed E-state index contributed by atoms with van der Waals surface area (Å²) in [5, 5.41) is 8.35. The van der Waals surface area contributed by atoms with E-state index in [2.05, 4.69) is 0 Å². The highest BCUT2D eigenvalue weighted by molar-refractivity contribution is 5.84. The van der Waals surface area contributed by atoms with Gasteiger partial charge in [-0.25, -0.2) is 4.79 Å². The molecule has 1 saturated carbocycles. The van der Waals surface area contributed by atoms with Gasteiger partial charge in [0, 0.05) is 7.11 Å². The van der Waals surface area contributed by atoms with Crippen LogP contribution in [0.5, 0.6) is 0 Å². The molecule has 0 aromatic carbocycles. The van der Waals surface area contributed by atoms with Crippen molar-refractivity contribution < 1.29 is 19.0 Å². The van der Waals surface area contributed by atoms with Crippen molar-refractivity contribution in [3.8, 4) is 0 Å². The molecule has 4 heteroatoms. The van der Waals surface area contributed by atoms with Crippen molar-refractivity contribution in [2.45, 2.75) is 31.3 Å². The van der Waals surface area contributed by atoms with Crippen LogP contribution in [0.15, 0.2) is 11.9 Å². The number of hydrogen-bond donors (Lipinski definition) is 1. The van der Waals surface area contributed by atoms with Crippen LogP contribution in [0.1, 0.15) is 25.7 Å². The second-order valence-electron chi connectivity index (χ2n) is 3.27. The largest absolute Gasteiger partial charge is 0.476 e. The highest BCUT2D eigenvalue weighted by Crippen LogP contribution is 2.34. The van der Waals surface area contributed by atoms with Crippen molar-refractivity contribution in [3.05, 3.63) is 11.9 Å². The Kier molecular flexibility index (Phi) is 3.03. The fourth-order valence-corrected chi connectivity index (χ4v) is 1.67. The lowest BCUT2D eigenvalue weighted by molar-refractivity contribution is -0.134. The van der Waals surface area contributed by atoms with Crippen LogP contribution in [0.3, 0.4) is 0 Å². The molecule has 74 valence electrons. The molecule has 0 aliphatic heterocycles. The minimum atomic E-state index is -1.52. The first-order chi connectivity index (χ1) is 6.09. The molecule has 0 bridgehead atoms. The van der Waals surface area contributed by atoms with Gasteiger partial charge >= 0.3 is 5.97 Å². The molecule has 1 N–H and O–H groups in total. The molecule has 0 aromatic rings. The average molecular weight is 188 g/mol. The minimum absolute atomic E-state index is 0.678. The Morgan fingerprint density at radius 2 is 2.08 bits per heavy atom. The molecule has 0 spiro atoms. The van der Waals surface area contributed by atoms with E-state index in [0.717, 1.165) is 18.9 Å². The predicted octanol–water partition coefficient (Wildman–Crippen LogP) is 1.88. The van der Waals surface area contributed by atoms with Gasteiger partial charge in [-0.3, -0.25) is 0 Å². The van der Waals surface area contributed by atoms with E-state index in [-0.39, 0.29) is 0 Å². The first kappa shape index (κ1) is 10.2. The van der Waals surface area contributed by atoms with Crippen molar-refractivity contribution in [1.82, 2.24) is 0 Å². The van der Waals surface area contributed by atoms with Gasteiger partial charge in [-0.05, 0) is 18.9 Å². The standard InChI is InChI=1S/C9H13FO3/c1-13-9(4-2-3-5-9)6-7(10)8(11)12/h6H,2-5H2,1H3,(H,11,12)/b7-6+. The van der Waals surface area contributed by atoms with Crippen molar-refractivity contribution in [2.75, 3.05) is 7.11 Å². The van der Waals surface area contributed by atoms with Gasteiger partial charge in [0.05, 0.1) is 5.60 Å². The first-order valence-corrected chi connectivity index (χ1v) is 4.26. The Morgan fingerprint density at radius 1 is 1.54 bits per heavy atom. The Morgan fingerprint density at radius 3 is 2.46 bits per heavy atom. The van der Waals surface area contributed by atoms with Crippen LogP contribution in [-0.4, -0.2) is 23.8 Å². The van der Waals surface area contributed by atoms with Crippen molar-refractivity contribution >= 4 is 5.97 Å². The third-order valence-corrected chi connectivity index (χ3v) is 2.45. The van der Waals surface area contributed by atoms with Crippen LogP contribution in [0.25, 0.3) is 0 Å². The number of hydrogen-bond acceptors (Lipinski definition) is 2. The fourth-order valence-electron chi connectivity index (χ4n) is 1.67. The number of rotatable bonds is 3. The highest BCUT2D eigenvalue weighted by Gasteiger charge is 2.33. The predicted molar refractivity (Wildman–Crippen MR) is 45.0 cm³/mol. The van der Waals surface area contributed by atoms with E-state index in [4.69, 9.17) is 9.84 Å². The van der Waals surface area contributed by atoms with Crippen LogP contribution in [0.2, 0.25) is 0 Å². The summed E-state index contributed by atoms with van der Waals surface area (Å²) in [6, 6.07) is 0. The third-order valence-electron chi connectivity index (χ3n) is 2.45. The maximum atomic E-state index is 12.8. The number of halogens is 1. The molecule has 1 fully saturated rings. The van der Waals surface area contributed by atoms with Gasteiger partial charge in [0.15, 0.2) is 0 Å². The maximum absolute atomic E-state index is 12.8. The zero-order chi connectivity index (χ0) is 9.90. The normalized spacial score (nSPS) is 21.8. The maximum Gasteiger partial charge on any atom is 0.364 e. The Bertz CT molecular complexity index is 229. The summed E-state index contributed by atoms with van der Waals surface area (Å²) in [4.78, 5) is 10.2. The van der Waals surface area contributed by atoms with E-state index < -0.39 is 17.4 Å². The summed E-state index contributed by atoms with van der Waals surface area (Å²) in [6.07, 6.45) is 4.39. The van der Waals surface area contributed by atoms with E-state index in [1.807, 2.05) is 0 Å². The number of methoxy groups -OCH3 is 1. The summed E-state index contributed by atoms with van der Waals surface area (Å²) in [7, 11) is 1.48. The molecule has 0 saturated heterocycles. The Labute approximate surface area is 76.2 Å². The van der Waals surface area contributed by atoms with E-state index in [9.17, 15) is 9.18 Å². The van der Waals surface area contributed by atoms with Crippen molar-refractivity contribution in [3.63, 3.8) is 0 Å². The molecule has 0 amide bonds. The number of ether oxygens (including phenoxy) is 1. The number of carboxylic acids is 1. The Hall–Kier alpha value is -0.900. The van der Waals surface area contributed by atoms with Crippen molar-refractivity contribution in [2.24, 2.45) is 0 Å². The van der Waals surface area contributed by atoms with Crippen LogP contribution < -0.4 is 0 Å². The molecule has 1 aliphatic rings. The Balaban J connectivity index is 2.78. The van der Waals surface area contributed by atoms with E-state index in [1.165, 1.54) is 7.11 Å². The van der Waals surface area contributed by atoms with E-state index >= 15 is 0 Å². The lowest BCUT2D eigenvalue weighted by atomic mass is 10.0. The molecule has 13 heavy (non-hydrogen) atoms. The molecule has 3 nitrogen and oxygen atoms in total. The summed E-state index contributed by atoms with van der Waals surface area (Å²) in [5.41, 5.74) is -0.678. The van der Waals surface area contributed by atoms with Gasteiger partial charge in [-0.15, -0.1) is 0 Å². The monoisotopic (exact) mass is 188 g/mol. The second-order valence-corrected chi connectivity index (χ2v) is 3.27. The van der Waals surface area contributed by atoms with Crippen molar-refractivity contribution in [1.29, 1.82) is 0 Å². The lowest BCUT2D eigenvalue weighted by Crippen LogP contribution is -2.25. The van der Waals surface area contributed by atoms with Crippen LogP contribution in [-0.2, 0) is 9.53 Å². The minimum Gasteiger partial charge on any atom is -0.476 e. The molecule has 0 aromatic heterocycles. The fraction of sp³-hybridized carbons (Fsp3) is 0.667. The van der Waals surface area contributed by atoms with Gasteiger partial charge < -0.3 is 9.84 Å². The van der Waals surface area contributed by atoms with Gasteiger partial charge in [0.25, 0.3) is 0 Å². The molecule has 0 radical (unpaired) electrons. The molecular weight excluding hydrogens is 175 g/mol. The average Bonchev–Trinajstić information content (AvgIpc) is 2.54. The molecule has 0 heterocycles. The molecule has 1 rings (SSSR count). The number of aliphatic carboxylic acids is 1. The quantitative estimate of drug-likeness (QED) is 0.688. The summed E-state index contributed by atoms with van der Waals surface area (Å²) >= 11 is 0. The van der Waals surface area contributed by atoms with Gasteiger partial charge in [-0.1, -0.05) is 12.8 Å². The number of carboxylic acid groups (broad SMARTS) is 1. The second kappa shape index (κ2) is 3.87. The zero-order valence-electron chi connectivity index (χ0n) is 7.55. The number of carbonyl (C=O) groups is 1. The third kappa shape index (κ3) is 2.28. The topological polar surface area (TPSA) is 46.5 Å². The van der Waals surface area contributed by atoms with Gasteiger partial charge in [0.2, 0.25) is 5.83 Å². The van der Waals surface area contributed by atoms with Crippen LogP contribution in [0, 0.1) is 0 Å². The molecule has 1 aliphatic carbocycles. The lowest BCUT2D eigenvalue weighted by Gasteiger charge is -2.22. The zero-order valence-corrected chi connectivity index (χ0v) is 7.55. The summed E-state index contributed by atoms with van der Waals surface area (Å²) < 4.78 is 17.9. The van der Waals surface area contributed by atoms with E-state index in [0.29, 0.717) is 12.8 Å². The van der Waals surface area contributed by atoms with Gasteiger partial charge in [-0.2, -0.15) is 4.39 Å². The van der Waals surface area contributed by atoms with E-state index in [1.54, 1.807) is 0 Å². The SMILES string of the molecule is COC1(/C=C(/F)C(=O)O)CCCC1.